The van der Waals surface area contributed by atoms with E-state index < -0.39 is 0 Å². The van der Waals surface area contributed by atoms with E-state index >= 15 is 0 Å². The van der Waals surface area contributed by atoms with Gasteiger partial charge in [-0.05, 0) is 36.4 Å². The molecule has 25 heavy (non-hydrogen) atoms. The Hall–Kier alpha value is -2.83. The number of fused-ring (bicyclic) bond motifs is 1. The minimum absolute atomic E-state index is 0.300. The highest BCUT2D eigenvalue weighted by atomic mass is 35.5. The number of ether oxygens (including phenoxy) is 1. The van der Waals surface area contributed by atoms with Gasteiger partial charge in [0.25, 0.3) is 5.56 Å². The lowest BCUT2D eigenvalue weighted by atomic mass is 10.2. The Morgan fingerprint density at radius 2 is 1.88 bits per heavy atom. The molecule has 2 aromatic carbocycles. The zero-order chi connectivity index (χ0) is 17.4. The Balaban J connectivity index is 1.77. The number of aromatic nitrogens is 4. The van der Waals surface area contributed by atoms with Gasteiger partial charge in [0, 0.05) is 12.4 Å². The monoisotopic (exact) mass is 372 g/mol. The number of nitrogens with one attached hydrogen (secondary N) is 1. The number of hydrogen-bond acceptors (Lipinski definition) is 4. The number of nitrogens with zero attached hydrogens (tertiary/aromatic N) is 3. The Labute approximate surface area is 151 Å². The van der Waals surface area contributed by atoms with Crippen molar-refractivity contribution in [1.82, 2.24) is 19.7 Å². The van der Waals surface area contributed by atoms with Crippen LogP contribution in [0.25, 0.3) is 16.9 Å². The summed E-state index contributed by atoms with van der Waals surface area (Å²) in [5.74, 6) is 1.11. The van der Waals surface area contributed by atoms with E-state index in [9.17, 15) is 4.79 Å². The second kappa shape index (κ2) is 6.23. The van der Waals surface area contributed by atoms with Crippen molar-refractivity contribution in [3.63, 3.8) is 0 Å². The predicted molar refractivity (Wildman–Crippen MR) is 96.0 cm³/mol. The van der Waals surface area contributed by atoms with Gasteiger partial charge in [0.05, 0.1) is 20.9 Å². The molecule has 0 aliphatic rings. The fraction of sp³-hybridized carbons (Fsp3) is 0. The first-order chi connectivity index (χ1) is 12.1. The van der Waals surface area contributed by atoms with E-state index in [-0.39, 0.29) is 5.56 Å². The summed E-state index contributed by atoms with van der Waals surface area (Å²) in [6.45, 7) is 0. The van der Waals surface area contributed by atoms with Gasteiger partial charge in [-0.2, -0.15) is 5.10 Å². The van der Waals surface area contributed by atoms with Crippen molar-refractivity contribution in [2.75, 3.05) is 0 Å². The average Bonchev–Trinajstić information content (AvgIpc) is 3.13. The molecule has 124 valence electrons. The molecule has 6 nitrogen and oxygen atoms in total. The van der Waals surface area contributed by atoms with Crippen LogP contribution in [-0.4, -0.2) is 19.7 Å². The molecule has 0 spiro atoms. The smallest absolute Gasteiger partial charge is 0.260 e. The van der Waals surface area contributed by atoms with Crippen LogP contribution in [0.5, 0.6) is 11.5 Å². The third-order valence-electron chi connectivity index (χ3n) is 3.52. The molecule has 0 bridgehead atoms. The minimum atomic E-state index is -0.300. The lowest BCUT2D eigenvalue weighted by Gasteiger charge is -2.10. The fourth-order valence-corrected chi connectivity index (χ4v) is 2.84. The molecule has 0 aliphatic carbocycles. The van der Waals surface area contributed by atoms with Crippen LogP contribution < -0.4 is 10.3 Å². The summed E-state index contributed by atoms with van der Waals surface area (Å²) >= 11 is 12.2. The molecule has 0 saturated heterocycles. The molecule has 0 unspecified atom stereocenters. The van der Waals surface area contributed by atoms with Crippen molar-refractivity contribution in [3.8, 4) is 17.4 Å². The van der Waals surface area contributed by atoms with Gasteiger partial charge >= 0.3 is 0 Å². The Morgan fingerprint density at radius 3 is 2.60 bits per heavy atom. The second-order valence-corrected chi connectivity index (χ2v) is 5.99. The molecule has 0 radical (unpaired) electrons. The van der Waals surface area contributed by atoms with Crippen LogP contribution in [0.4, 0.5) is 0 Å². The van der Waals surface area contributed by atoms with Gasteiger partial charge in [0.1, 0.15) is 5.75 Å². The molecule has 2 heterocycles. The van der Waals surface area contributed by atoms with Crippen LogP contribution >= 0.6 is 23.2 Å². The fourth-order valence-electron chi connectivity index (χ4n) is 2.37. The van der Waals surface area contributed by atoms with Gasteiger partial charge in [0.2, 0.25) is 5.95 Å². The highest BCUT2D eigenvalue weighted by Crippen LogP contribution is 2.36. The van der Waals surface area contributed by atoms with Crippen molar-refractivity contribution < 1.29 is 4.74 Å². The highest BCUT2D eigenvalue weighted by molar-refractivity contribution is 6.37. The molecule has 0 saturated carbocycles. The van der Waals surface area contributed by atoms with Gasteiger partial charge in [-0.15, -0.1) is 0 Å². The van der Waals surface area contributed by atoms with Crippen LogP contribution in [-0.2, 0) is 0 Å². The Bertz CT molecular complexity index is 1100. The number of hydrogen-bond donors (Lipinski definition) is 1. The summed E-state index contributed by atoms with van der Waals surface area (Å²) in [4.78, 5) is 19.5. The maximum absolute atomic E-state index is 12.4. The highest BCUT2D eigenvalue weighted by Gasteiger charge is 2.11. The van der Waals surface area contributed by atoms with E-state index in [1.807, 2.05) is 0 Å². The summed E-state index contributed by atoms with van der Waals surface area (Å²) < 4.78 is 7.22. The van der Waals surface area contributed by atoms with Crippen LogP contribution in [0, 0.1) is 0 Å². The average molecular weight is 373 g/mol. The molecule has 4 rings (SSSR count). The van der Waals surface area contributed by atoms with Gasteiger partial charge in [-0.1, -0.05) is 29.3 Å². The van der Waals surface area contributed by atoms with Gasteiger partial charge in [-0.3, -0.25) is 9.78 Å². The van der Waals surface area contributed by atoms with Gasteiger partial charge in [0.15, 0.2) is 5.75 Å². The summed E-state index contributed by atoms with van der Waals surface area (Å²) in [5, 5.41) is 5.21. The quantitative estimate of drug-likeness (QED) is 0.584. The van der Waals surface area contributed by atoms with Crippen molar-refractivity contribution in [2.24, 2.45) is 0 Å². The van der Waals surface area contributed by atoms with Crippen molar-refractivity contribution >= 4 is 34.1 Å². The SMILES string of the molecule is O=c1[nH]c(-n2cccn2)nc2ccc(Oc3c(Cl)cccc3Cl)cc12. The zero-order valence-electron chi connectivity index (χ0n) is 12.6. The maximum Gasteiger partial charge on any atom is 0.260 e. The predicted octanol–water partition coefficient (Wildman–Crippen LogP) is 4.21. The molecule has 2 aromatic heterocycles. The van der Waals surface area contributed by atoms with E-state index in [0.717, 1.165) is 0 Å². The van der Waals surface area contributed by atoms with Crippen LogP contribution in [0.1, 0.15) is 0 Å². The minimum Gasteiger partial charge on any atom is -0.454 e. The number of rotatable bonds is 3. The molecule has 0 aliphatic heterocycles. The standard InChI is InChI=1S/C17H10Cl2N4O2/c18-12-3-1-4-13(19)15(12)25-10-5-6-14-11(9-10)16(24)22-17(21-14)23-8-2-7-20-23/h1-9H,(H,21,22,24). The van der Waals surface area contributed by atoms with Crippen LogP contribution in [0.15, 0.2) is 59.7 Å². The van der Waals surface area contributed by atoms with Gasteiger partial charge in [-0.25, -0.2) is 9.67 Å². The lowest BCUT2D eigenvalue weighted by molar-refractivity contribution is 0.484. The van der Waals surface area contributed by atoms with Crippen molar-refractivity contribution in [2.45, 2.75) is 0 Å². The molecule has 8 heteroatoms. The number of para-hydroxylation sites is 1. The van der Waals surface area contributed by atoms with Crippen molar-refractivity contribution in [3.05, 3.63) is 75.3 Å². The first-order valence-electron chi connectivity index (χ1n) is 7.28. The summed E-state index contributed by atoms with van der Waals surface area (Å²) in [7, 11) is 0. The van der Waals surface area contributed by atoms with Crippen LogP contribution in [0.3, 0.4) is 0 Å². The molecular weight excluding hydrogens is 363 g/mol. The summed E-state index contributed by atoms with van der Waals surface area (Å²) in [5.41, 5.74) is 0.220. The van der Waals surface area contributed by atoms with E-state index in [1.165, 1.54) is 4.68 Å². The Morgan fingerprint density at radius 1 is 1.08 bits per heavy atom. The molecule has 4 aromatic rings. The van der Waals surface area contributed by atoms with E-state index in [1.54, 1.807) is 54.9 Å². The zero-order valence-corrected chi connectivity index (χ0v) is 14.1. The molecule has 0 amide bonds. The molecule has 1 N–H and O–H groups in total. The number of halogens is 2. The van der Waals surface area contributed by atoms with Crippen molar-refractivity contribution in [1.29, 1.82) is 0 Å². The lowest BCUT2D eigenvalue weighted by Crippen LogP contribution is -2.13. The maximum atomic E-state index is 12.4. The van der Waals surface area contributed by atoms with Gasteiger partial charge < -0.3 is 4.74 Å². The topological polar surface area (TPSA) is 72.8 Å². The first-order valence-corrected chi connectivity index (χ1v) is 8.03. The molecule has 0 fully saturated rings. The third-order valence-corrected chi connectivity index (χ3v) is 4.12. The summed E-state index contributed by atoms with van der Waals surface area (Å²) in [6, 6.07) is 11.8. The van der Waals surface area contributed by atoms with E-state index in [0.29, 0.717) is 38.4 Å². The van der Waals surface area contributed by atoms with E-state index in [2.05, 4.69) is 15.1 Å². The summed E-state index contributed by atoms with van der Waals surface area (Å²) in [6.07, 6.45) is 3.30. The number of H-pyrrole nitrogens is 1. The van der Waals surface area contributed by atoms with Crippen LogP contribution in [0.2, 0.25) is 10.0 Å². The Kier molecular flexibility index (Phi) is 3.91. The number of aromatic amines is 1. The second-order valence-electron chi connectivity index (χ2n) is 5.17. The largest absolute Gasteiger partial charge is 0.454 e. The first kappa shape index (κ1) is 15.7. The number of benzene rings is 2. The molecular formula is C17H10Cl2N4O2. The van der Waals surface area contributed by atoms with E-state index in [4.69, 9.17) is 27.9 Å². The third kappa shape index (κ3) is 2.97. The normalized spacial score (nSPS) is 11.0. The molecule has 0 atom stereocenters.